The number of nitrogens with one attached hydrogen (secondary N) is 2. The van der Waals surface area contributed by atoms with E-state index in [-0.39, 0.29) is 17.8 Å². The van der Waals surface area contributed by atoms with Crippen LogP contribution in [0, 0.1) is 5.82 Å². The van der Waals surface area contributed by atoms with Gasteiger partial charge in [0.25, 0.3) is 0 Å². The van der Waals surface area contributed by atoms with Crippen molar-refractivity contribution in [2.24, 2.45) is 0 Å². The van der Waals surface area contributed by atoms with Crippen LogP contribution in [0.1, 0.15) is 51.3 Å². The minimum atomic E-state index is -0.714. The Labute approximate surface area is 135 Å². The Hall–Kier alpha value is -2.11. The van der Waals surface area contributed by atoms with Crippen molar-refractivity contribution in [1.29, 1.82) is 0 Å². The maximum atomic E-state index is 13.2. The van der Waals surface area contributed by atoms with Crippen molar-refractivity contribution < 1.29 is 18.7 Å². The standard InChI is InChI=1S/C17H23FN2O3/c1-10(19-16(22)23-17(2,3)4)15(21)20-14-8-5-11-9-12(18)6-7-13(11)14/h6-7,9-10,14H,5,8H2,1-4H3,(H,19,22)(H,20,21)/t10-,14?/m1/s1. The minimum Gasteiger partial charge on any atom is -0.444 e. The van der Waals surface area contributed by atoms with Crippen LogP contribution < -0.4 is 10.6 Å². The van der Waals surface area contributed by atoms with Crippen molar-refractivity contribution in [1.82, 2.24) is 10.6 Å². The van der Waals surface area contributed by atoms with Gasteiger partial charge in [-0.15, -0.1) is 0 Å². The predicted molar refractivity (Wildman–Crippen MR) is 84.4 cm³/mol. The van der Waals surface area contributed by atoms with Crippen LogP contribution >= 0.6 is 0 Å². The number of halogens is 1. The quantitative estimate of drug-likeness (QED) is 0.899. The van der Waals surface area contributed by atoms with E-state index in [1.54, 1.807) is 33.8 Å². The SMILES string of the molecule is C[C@@H](NC(=O)OC(C)(C)C)C(=O)NC1CCc2cc(F)ccc21. The number of hydrogen-bond acceptors (Lipinski definition) is 3. The molecule has 2 rings (SSSR count). The van der Waals surface area contributed by atoms with Crippen LogP contribution in [-0.4, -0.2) is 23.6 Å². The Morgan fingerprint density at radius 3 is 2.70 bits per heavy atom. The fraction of sp³-hybridized carbons (Fsp3) is 0.529. The highest BCUT2D eigenvalue weighted by atomic mass is 19.1. The average molecular weight is 322 g/mol. The summed E-state index contributed by atoms with van der Waals surface area (Å²) in [4.78, 5) is 23.9. The van der Waals surface area contributed by atoms with E-state index in [0.29, 0.717) is 0 Å². The predicted octanol–water partition coefficient (Wildman–Crippen LogP) is 2.84. The first-order valence-electron chi connectivity index (χ1n) is 7.74. The van der Waals surface area contributed by atoms with Crippen LogP contribution in [0.3, 0.4) is 0 Å². The van der Waals surface area contributed by atoms with Crippen molar-refractivity contribution in [3.8, 4) is 0 Å². The second-order valence-electron chi connectivity index (χ2n) is 6.81. The second kappa shape index (κ2) is 6.56. The Morgan fingerprint density at radius 2 is 2.04 bits per heavy atom. The summed E-state index contributed by atoms with van der Waals surface area (Å²) in [6.07, 6.45) is 0.823. The molecule has 1 aliphatic carbocycles. The molecular weight excluding hydrogens is 299 g/mol. The molecule has 0 radical (unpaired) electrons. The van der Waals surface area contributed by atoms with Crippen LogP contribution in [0.2, 0.25) is 0 Å². The number of carbonyl (C=O) groups excluding carboxylic acids is 2. The largest absolute Gasteiger partial charge is 0.444 e. The summed E-state index contributed by atoms with van der Waals surface area (Å²) in [5, 5.41) is 5.40. The number of amides is 2. The molecule has 126 valence electrons. The molecule has 6 heteroatoms. The lowest BCUT2D eigenvalue weighted by Crippen LogP contribution is -2.47. The number of aryl methyl sites for hydroxylation is 1. The van der Waals surface area contributed by atoms with Gasteiger partial charge < -0.3 is 15.4 Å². The first-order valence-corrected chi connectivity index (χ1v) is 7.74. The molecule has 0 aromatic heterocycles. The first-order chi connectivity index (χ1) is 10.7. The molecule has 0 fully saturated rings. The molecule has 2 amide bonds. The van der Waals surface area contributed by atoms with Gasteiger partial charge in [-0.3, -0.25) is 4.79 Å². The van der Waals surface area contributed by atoms with E-state index in [4.69, 9.17) is 4.74 Å². The summed E-state index contributed by atoms with van der Waals surface area (Å²) in [7, 11) is 0. The Morgan fingerprint density at radius 1 is 1.35 bits per heavy atom. The lowest BCUT2D eigenvalue weighted by Gasteiger charge is -2.22. The molecule has 1 aromatic rings. The van der Waals surface area contributed by atoms with Crippen molar-refractivity contribution in [2.75, 3.05) is 0 Å². The third-order valence-electron chi connectivity index (χ3n) is 3.63. The summed E-state index contributed by atoms with van der Waals surface area (Å²) in [6.45, 7) is 6.86. The van der Waals surface area contributed by atoms with Crippen LogP contribution in [0.25, 0.3) is 0 Å². The molecule has 0 saturated carbocycles. The lowest BCUT2D eigenvalue weighted by molar-refractivity contribution is -0.123. The minimum absolute atomic E-state index is 0.152. The van der Waals surface area contributed by atoms with E-state index >= 15 is 0 Å². The molecule has 2 N–H and O–H groups in total. The van der Waals surface area contributed by atoms with Crippen molar-refractivity contribution in [3.05, 3.63) is 35.1 Å². The average Bonchev–Trinajstić information content (AvgIpc) is 2.78. The van der Waals surface area contributed by atoms with Gasteiger partial charge in [0, 0.05) is 0 Å². The van der Waals surface area contributed by atoms with Crippen molar-refractivity contribution in [2.45, 2.75) is 58.2 Å². The number of hydrogen-bond donors (Lipinski definition) is 2. The smallest absolute Gasteiger partial charge is 0.408 e. The topological polar surface area (TPSA) is 67.4 Å². The maximum absolute atomic E-state index is 13.2. The van der Waals surface area contributed by atoms with Gasteiger partial charge >= 0.3 is 6.09 Å². The first kappa shape index (κ1) is 17.2. The monoisotopic (exact) mass is 322 g/mol. The van der Waals surface area contributed by atoms with E-state index < -0.39 is 17.7 Å². The van der Waals surface area contributed by atoms with Gasteiger partial charge in [0.15, 0.2) is 0 Å². The molecule has 1 unspecified atom stereocenters. The summed E-state index contributed by atoms with van der Waals surface area (Å²) in [5.41, 5.74) is 1.24. The number of rotatable bonds is 3. The highest BCUT2D eigenvalue weighted by Gasteiger charge is 2.27. The molecule has 0 saturated heterocycles. The highest BCUT2D eigenvalue weighted by molar-refractivity contribution is 5.85. The molecule has 0 spiro atoms. The van der Waals surface area contributed by atoms with Crippen molar-refractivity contribution >= 4 is 12.0 Å². The number of carbonyl (C=O) groups is 2. The third kappa shape index (κ3) is 4.68. The summed E-state index contributed by atoms with van der Waals surface area (Å²) in [6, 6.07) is 3.74. The van der Waals surface area contributed by atoms with Crippen molar-refractivity contribution in [3.63, 3.8) is 0 Å². The zero-order valence-corrected chi connectivity index (χ0v) is 13.9. The highest BCUT2D eigenvalue weighted by Crippen LogP contribution is 2.31. The molecule has 23 heavy (non-hydrogen) atoms. The molecule has 1 aliphatic rings. The number of alkyl carbamates (subject to hydrolysis) is 1. The summed E-state index contributed by atoms with van der Waals surface area (Å²) < 4.78 is 18.3. The number of ether oxygens (including phenoxy) is 1. The third-order valence-corrected chi connectivity index (χ3v) is 3.63. The van der Waals surface area contributed by atoms with E-state index in [1.165, 1.54) is 12.1 Å². The Bertz CT molecular complexity index is 610. The summed E-state index contributed by atoms with van der Waals surface area (Å²) >= 11 is 0. The van der Waals surface area contributed by atoms with E-state index in [2.05, 4.69) is 10.6 Å². The van der Waals surface area contributed by atoms with Gasteiger partial charge in [0.1, 0.15) is 17.5 Å². The zero-order chi connectivity index (χ0) is 17.2. The molecule has 5 nitrogen and oxygen atoms in total. The van der Waals surface area contributed by atoms with Gasteiger partial charge in [0.05, 0.1) is 6.04 Å². The van der Waals surface area contributed by atoms with Crippen LogP contribution in [-0.2, 0) is 16.0 Å². The van der Waals surface area contributed by atoms with Gasteiger partial charge in [-0.2, -0.15) is 0 Å². The number of fused-ring (bicyclic) bond motifs is 1. The van der Waals surface area contributed by atoms with Gasteiger partial charge in [0.2, 0.25) is 5.91 Å². The van der Waals surface area contributed by atoms with Gasteiger partial charge in [-0.05, 0) is 63.8 Å². The van der Waals surface area contributed by atoms with E-state index in [1.807, 2.05) is 0 Å². The fourth-order valence-corrected chi connectivity index (χ4v) is 2.58. The van der Waals surface area contributed by atoms with E-state index in [9.17, 15) is 14.0 Å². The molecule has 0 bridgehead atoms. The van der Waals surface area contributed by atoms with Crippen LogP contribution in [0.4, 0.5) is 9.18 Å². The molecule has 0 heterocycles. The van der Waals surface area contributed by atoms with Gasteiger partial charge in [-0.25, -0.2) is 9.18 Å². The molecule has 0 aliphatic heterocycles. The lowest BCUT2D eigenvalue weighted by atomic mass is 10.1. The molecule has 2 atom stereocenters. The zero-order valence-electron chi connectivity index (χ0n) is 13.9. The van der Waals surface area contributed by atoms with Gasteiger partial charge in [-0.1, -0.05) is 6.07 Å². The Balaban J connectivity index is 1.92. The maximum Gasteiger partial charge on any atom is 0.408 e. The van der Waals surface area contributed by atoms with E-state index in [0.717, 1.165) is 24.0 Å². The number of benzene rings is 1. The summed E-state index contributed by atoms with van der Waals surface area (Å²) in [5.74, 6) is -0.561. The molecule has 1 aromatic carbocycles. The molecular formula is C17H23FN2O3. The van der Waals surface area contributed by atoms with Crippen LogP contribution in [0.5, 0.6) is 0 Å². The fourth-order valence-electron chi connectivity index (χ4n) is 2.58. The Kier molecular flexibility index (Phi) is 4.92. The normalized spacial score (nSPS) is 18.0. The van der Waals surface area contributed by atoms with Crippen LogP contribution in [0.15, 0.2) is 18.2 Å². The second-order valence-corrected chi connectivity index (χ2v) is 6.81.